The maximum absolute atomic E-state index is 13.5. The summed E-state index contributed by atoms with van der Waals surface area (Å²) < 4.78 is 11.4. The van der Waals surface area contributed by atoms with Crippen LogP contribution in [0.15, 0.2) is 73.2 Å². The van der Waals surface area contributed by atoms with E-state index >= 15 is 0 Å². The number of aromatic nitrogens is 3. The van der Waals surface area contributed by atoms with Gasteiger partial charge in [0.2, 0.25) is 0 Å². The van der Waals surface area contributed by atoms with Crippen molar-refractivity contribution < 1.29 is 14.3 Å². The summed E-state index contributed by atoms with van der Waals surface area (Å²) in [6.07, 6.45) is 4.81. The number of pyridine rings is 2. The number of halogens is 2. The first-order valence-corrected chi connectivity index (χ1v) is 12.3. The van der Waals surface area contributed by atoms with Gasteiger partial charge in [-0.1, -0.05) is 47.5 Å². The van der Waals surface area contributed by atoms with Crippen LogP contribution < -0.4 is 9.64 Å². The summed E-state index contributed by atoms with van der Waals surface area (Å²) in [5, 5.41) is 9.51. The maximum atomic E-state index is 13.5. The number of hydrogen-bond acceptors (Lipinski definition) is 8. The van der Waals surface area contributed by atoms with E-state index in [0.717, 1.165) is 4.88 Å². The third-order valence-corrected chi connectivity index (χ3v) is 6.49. The van der Waals surface area contributed by atoms with Crippen molar-refractivity contribution in [3.63, 3.8) is 0 Å². The number of carbonyl (C=O) groups excluding carboxylic acids is 1. The standard InChI is InChI=1S/C25H21Cl2N5O3S/c1-34-18-6-4-5-17(11-18)22(24(33)35-15-16-8-9-20(26)30-12-16)23(28)32(21-7-2-3-10-29-21)14-19-13-31-25(27)36-19/h2-13,22,28H,14-15H2,1H3. The summed E-state index contributed by atoms with van der Waals surface area (Å²) in [5.41, 5.74) is 1.21. The fourth-order valence-corrected chi connectivity index (χ4v) is 4.51. The van der Waals surface area contributed by atoms with E-state index in [1.54, 1.807) is 72.9 Å². The second-order valence-electron chi connectivity index (χ2n) is 7.55. The van der Waals surface area contributed by atoms with Gasteiger partial charge in [0, 0.05) is 29.0 Å². The van der Waals surface area contributed by atoms with Crippen LogP contribution in [0.2, 0.25) is 9.62 Å². The van der Waals surface area contributed by atoms with E-state index in [4.69, 9.17) is 38.1 Å². The summed E-state index contributed by atoms with van der Waals surface area (Å²) in [5.74, 6) is -0.642. The van der Waals surface area contributed by atoms with Crippen molar-refractivity contribution in [1.82, 2.24) is 15.0 Å². The molecule has 0 aliphatic rings. The largest absolute Gasteiger partial charge is 0.497 e. The summed E-state index contributed by atoms with van der Waals surface area (Å²) in [6, 6.07) is 15.7. The van der Waals surface area contributed by atoms with Crippen molar-refractivity contribution >= 4 is 52.2 Å². The molecule has 0 saturated heterocycles. The lowest BCUT2D eigenvalue weighted by Gasteiger charge is -2.28. The number of methoxy groups -OCH3 is 1. The molecule has 4 aromatic rings. The van der Waals surface area contributed by atoms with Crippen LogP contribution in [0.5, 0.6) is 5.75 Å². The summed E-state index contributed by atoms with van der Waals surface area (Å²) in [4.78, 5) is 28.5. The predicted octanol–water partition coefficient (Wildman–Crippen LogP) is 5.76. The van der Waals surface area contributed by atoms with Gasteiger partial charge < -0.3 is 14.4 Å². The number of carbonyl (C=O) groups is 1. The molecular weight excluding hydrogens is 521 g/mol. The van der Waals surface area contributed by atoms with Gasteiger partial charge in [0.05, 0.1) is 13.7 Å². The van der Waals surface area contributed by atoms with Gasteiger partial charge in [-0.05, 0) is 35.9 Å². The molecular formula is C25H21Cl2N5O3S. The van der Waals surface area contributed by atoms with Crippen LogP contribution in [-0.4, -0.2) is 33.9 Å². The Bertz CT molecular complexity index is 1340. The molecule has 3 aromatic heterocycles. The molecule has 1 N–H and O–H groups in total. The normalized spacial score (nSPS) is 11.5. The minimum atomic E-state index is -1.06. The zero-order chi connectivity index (χ0) is 25.5. The lowest BCUT2D eigenvalue weighted by atomic mass is 9.96. The van der Waals surface area contributed by atoms with Gasteiger partial charge in [-0.2, -0.15) is 0 Å². The highest BCUT2D eigenvalue weighted by molar-refractivity contribution is 7.15. The molecule has 1 aromatic carbocycles. The Labute approximate surface area is 222 Å². The molecule has 4 rings (SSSR count). The van der Waals surface area contributed by atoms with Crippen LogP contribution in [0.3, 0.4) is 0 Å². The number of hydrogen-bond donors (Lipinski definition) is 1. The molecule has 3 heterocycles. The van der Waals surface area contributed by atoms with Gasteiger partial charge in [0.1, 0.15) is 35.1 Å². The van der Waals surface area contributed by atoms with Crippen molar-refractivity contribution in [3.05, 3.63) is 98.8 Å². The highest BCUT2D eigenvalue weighted by Crippen LogP contribution is 2.29. The Morgan fingerprint density at radius 3 is 2.61 bits per heavy atom. The van der Waals surface area contributed by atoms with Gasteiger partial charge >= 0.3 is 5.97 Å². The molecule has 0 aliphatic heterocycles. The third kappa shape index (κ3) is 6.37. The molecule has 8 nitrogen and oxygen atoms in total. The lowest BCUT2D eigenvalue weighted by molar-refractivity contribution is -0.145. The average Bonchev–Trinajstić information content (AvgIpc) is 3.32. The maximum Gasteiger partial charge on any atom is 0.321 e. The number of esters is 1. The van der Waals surface area contributed by atoms with E-state index in [-0.39, 0.29) is 19.0 Å². The monoisotopic (exact) mass is 541 g/mol. The molecule has 36 heavy (non-hydrogen) atoms. The highest BCUT2D eigenvalue weighted by atomic mass is 35.5. The quantitative estimate of drug-likeness (QED) is 0.124. The lowest BCUT2D eigenvalue weighted by Crippen LogP contribution is -2.38. The number of anilines is 1. The third-order valence-electron chi connectivity index (χ3n) is 5.16. The molecule has 1 unspecified atom stereocenters. The fourth-order valence-electron chi connectivity index (χ4n) is 3.43. The minimum absolute atomic E-state index is 0.0225. The van der Waals surface area contributed by atoms with Crippen LogP contribution in [0, 0.1) is 5.41 Å². The fraction of sp³-hybridized carbons (Fsp3) is 0.160. The van der Waals surface area contributed by atoms with Gasteiger partial charge in [-0.3, -0.25) is 10.2 Å². The van der Waals surface area contributed by atoms with Crippen molar-refractivity contribution in [2.75, 3.05) is 12.0 Å². The van der Waals surface area contributed by atoms with E-state index in [1.807, 2.05) is 6.07 Å². The molecule has 0 aliphatic carbocycles. The Hall–Kier alpha value is -3.53. The molecule has 0 saturated carbocycles. The van der Waals surface area contributed by atoms with Gasteiger partial charge in [0.25, 0.3) is 0 Å². The first-order chi connectivity index (χ1) is 17.4. The molecule has 184 valence electrons. The number of benzene rings is 1. The van der Waals surface area contributed by atoms with Crippen molar-refractivity contribution in [1.29, 1.82) is 5.41 Å². The molecule has 0 amide bonds. The number of ether oxygens (including phenoxy) is 2. The Morgan fingerprint density at radius 1 is 1.08 bits per heavy atom. The Morgan fingerprint density at radius 2 is 1.94 bits per heavy atom. The van der Waals surface area contributed by atoms with E-state index in [9.17, 15) is 4.79 Å². The Kier molecular flexibility index (Phi) is 8.48. The van der Waals surface area contributed by atoms with E-state index in [0.29, 0.717) is 32.3 Å². The van der Waals surface area contributed by atoms with Crippen LogP contribution in [0.4, 0.5) is 5.82 Å². The first-order valence-electron chi connectivity index (χ1n) is 10.7. The average molecular weight is 542 g/mol. The van der Waals surface area contributed by atoms with Gasteiger partial charge in [-0.15, -0.1) is 11.3 Å². The molecule has 0 radical (unpaired) electrons. The Balaban J connectivity index is 1.68. The highest BCUT2D eigenvalue weighted by Gasteiger charge is 2.32. The van der Waals surface area contributed by atoms with E-state index < -0.39 is 11.9 Å². The zero-order valence-electron chi connectivity index (χ0n) is 19.1. The van der Waals surface area contributed by atoms with Crippen molar-refractivity contribution in [3.8, 4) is 5.75 Å². The van der Waals surface area contributed by atoms with Crippen molar-refractivity contribution in [2.45, 2.75) is 19.1 Å². The molecule has 0 fully saturated rings. The molecule has 0 spiro atoms. The van der Waals surface area contributed by atoms with E-state index in [2.05, 4.69) is 15.0 Å². The topological polar surface area (TPSA) is 101 Å². The number of nitrogens with one attached hydrogen (secondary N) is 1. The number of rotatable bonds is 9. The van der Waals surface area contributed by atoms with Crippen LogP contribution in [-0.2, 0) is 22.7 Å². The van der Waals surface area contributed by atoms with E-state index in [1.165, 1.54) is 17.5 Å². The SMILES string of the molecule is COc1cccc(C(C(=N)N(Cc2cnc(Cl)s2)c2ccccn2)C(=O)OCc2ccc(Cl)nc2)c1. The second kappa shape index (κ2) is 11.9. The van der Waals surface area contributed by atoms with Crippen molar-refractivity contribution in [2.24, 2.45) is 0 Å². The number of thiazole rings is 1. The van der Waals surface area contributed by atoms with Crippen LogP contribution in [0.25, 0.3) is 0 Å². The first kappa shape index (κ1) is 25.6. The number of nitrogens with zero attached hydrogens (tertiary/aromatic N) is 4. The zero-order valence-corrected chi connectivity index (χ0v) is 21.4. The molecule has 0 bridgehead atoms. The smallest absolute Gasteiger partial charge is 0.321 e. The predicted molar refractivity (Wildman–Crippen MR) is 140 cm³/mol. The summed E-state index contributed by atoms with van der Waals surface area (Å²) >= 11 is 13.2. The summed E-state index contributed by atoms with van der Waals surface area (Å²) in [7, 11) is 1.54. The van der Waals surface area contributed by atoms with Gasteiger partial charge in [0.15, 0.2) is 4.47 Å². The molecule has 1 atom stereocenters. The molecule has 11 heteroatoms. The summed E-state index contributed by atoms with van der Waals surface area (Å²) in [6.45, 7) is 0.222. The van der Waals surface area contributed by atoms with Gasteiger partial charge in [-0.25, -0.2) is 15.0 Å². The van der Waals surface area contributed by atoms with Crippen LogP contribution >= 0.6 is 34.5 Å². The van der Waals surface area contributed by atoms with Crippen LogP contribution in [0.1, 0.15) is 21.9 Å². The second-order valence-corrected chi connectivity index (χ2v) is 9.63. The number of amidine groups is 1. The minimum Gasteiger partial charge on any atom is -0.497 e.